The van der Waals surface area contributed by atoms with Crippen LogP contribution >= 0.6 is 0 Å². The molecular formula is C20H19F3N2O4. The summed E-state index contributed by atoms with van der Waals surface area (Å²) in [5.41, 5.74) is -2.73. The van der Waals surface area contributed by atoms with Crippen molar-refractivity contribution in [3.63, 3.8) is 0 Å². The molecule has 2 aromatic rings. The number of carbonyl (C=O) groups excluding carboxylic acids is 2. The largest absolute Gasteiger partial charge is 0.497 e. The average Bonchev–Trinajstić information content (AvgIpc) is 2.67. The molecule has 3 N–H and O–H groups in total. The van der Waals surface area contributed by atoms with Crippen molar-refractivity contribution < 1.29 is 32.6 Å². The number of hydrogen-bond donors (Lipinski definition) is 3. The summed E-state index contributed by atoms with van der Waals surface area (Å²) in [7, 11) is 1.42. The van der Waals surface area contributed by atoms with Crippen LogP contribution in [0.25, 0.3) is 0 Å². The van der Waals surface area contributed by atoms with Gasteiger partial charge in [-0.25, -0.2) is 4.79 Å². The number of benzene rings is 2. The highest BCUT2D eigenvalue weighted by atomic mass is 19.4. The highest BCUT2D eigenvalue weighted by Crippen LogP contribution is 2.44. The first kappa shape index (κ1) is 20.7. The molecular weight excluding hydrogens is 389 g/mol. The number of aryl methyl sites for hydroxylation is 1. The highest BCUT2D eigenvalue weighted by molar-refractivity contribution is 6.00. The maximum atomic E-state index is 13.8. The van der Waals surface area contributed by atoms with E-state index in [-0.39, 0.29) is 11.1 Å². The van der Waals surface area contributed by atoms with Crippen molar-refractivity contribution in [2.45, 2.75) is 24.9 Å². The van der Waals surface area contributed by atoms with Gasteiger partial charge in [-0.3, -0.25) is 4.79 Å². The number of halogens is 3. The van der Waals surface area contributed by atoms with Crippen LogP contribution in [0, 0.1) is 12.8 Å². The van der Waals surface area contributed by atoms with Crippen molar-refractivity contribution >= 4 is 11.8 Å². The van der Waals surface area contributed by atoms with E-state index in [9.17, 15) is 27.9 Å². The van der Waals surface area contributed by atoms with Crippen LogP contribution in [-0.2, 0) is 0 Å². The lowest BCUT2D eigenvalue weighted by Crippen LogP contribution is -2.72. The van der Waals surface area contributed by atoms with Crippen molar-refractivity contribution in [3.8, 4) is 5.75 Å². The van der Waals surface area contributed by atoms with Crippen LogP contribution in [-0.4, -0.2) is 35.9 Å². The Morgan fingerprint density at radius 1 is 1.10 bits per heavy atom. The fraction of sp³-hybridized carbons (Fsp3) is 0.300. The molecule has 0 bridgehead atoms. The predicted octanol–water partition coefficient (Wildman–Crippen LogP) is 3.11. The SMILES string of the molecule is COc1ccc([C@H]2NC(=O)N[C@@](O)(C(F)(F)F)[C@@H]2C(=O)c2ccc(C)cc2)cc1. The number of Topliss-reactive ketones (excluding diaryl/α,β-unsaturated/α-hetero) is 1. The summed E-state index contributed by atoms with van der Waals surface area (Å²) in [6.45, 7) is 1.77. The van der Waals surface area contributed by atoms with Gasteiger partial charge in [0.2, 0.25) is 5.72 Å². The zero-order chi connectivity index (χ0) is 21.4. The number of carbonyl (C=O) groups is 2. The first-order chi connectivity index (χ1) is 13.6. The third-order valence-electron chi connectivity index (χ3n) is 4.90. The van der Waals surface area contributed by atoms with E-state index in [1.165, 1.54) is 48.8 Å². The maximum Gasteiger partial charge on any atom is 0.437 e. The summed E-state index contributed by atoms with van der Waals surface area (Å²) < 4.78 is 46.5. The Bertz CT molecular complexity index is 913. The van der Waals surface area contributed by atoms with Gasteiger partial charge >= 0.3 is 12.2 Å². The third kappa shape index (κ3) is 3.77. The zero-order valence-corrected chi connectivity index (χ0v) is 15.6. The van der Waals surface area contributed by atoms with Crippen molar-refractivity contribution in [2.75, 3.05) is 7.11 Å². The van der Waals surface area contributed by atoms with E-state index in [1.54, 1.807) is 19.1 Å². The second kappa shape index (κ2) is 7.40. The van der Waals surface area contributed by atoms with Gasteiger partial charge < -0.3 is 20.5 Å². The summed E-state index contributed by atoms with van der Waals surface area (Å²) in [6, 6.07) is 9.12. The number of amides is 2. The summed E-state index contributed by atoms with van der Waals surface area (Å²) >= 11 is 0. The summed E-state index contributed by atoms with van der Waals surface area (Å²) in [5.74, 6) is -2.57. The summed E-state index contributed by atoms with van der Waals surface area (Å²) in [6.07, 6.45) is -5.29. The fourth-order valence-corrected chi connectivity index (χ4v) is 3.33. The van der Waals surface area contributed by atoms with Crippen LogP contribution in [0.1, 0.15) is 27.5 Å². The van der Waals surface area contributed by atoms with Crippen LogP contribution in [0.15, 0.2) is 48.5 Å². The number of ketones is 1. The van der Waals surface area contributed by atoms with Gasteiger partial charge in [0, 0.05) is 5.56 Å². The Kier molecular flexibility index (Phi) is 5.27. The molecule has 3 atom stereocenters. The second-order valence-electron chi connectivity index (χ2n) is 6.82. The Labute approximate surface area is 164 Å². The minimum atomic E-state index is -5.29. The quantitative estimate of drug-likeness (QED) is 0.679. The molecule has 1 aliphatic heterocycles. The predicted molar refractivity (Wildman–Crippen MR) is 97.4 cm³/mol. The van der Waals surface area contributed by atoms with Crippen molar-refractivity contribution in [2.24, 2.45) is 5.92 Å². The molecule has 1 saturated heterocycles. The van der Waals surface area contributed by atoms with Crippen molar-refractivity contribution in [1.82, 2.24) is 10.6 Å². The number of methoxy groups -OCH3 is 1. The standard InChI is InChI=1S/C20H19F3N2O4/c1-11-3-5-13(6-4-11)17(26)15-16(12-7-9-14(29-2)10-8-12)24-18(27)25-19(15,28)20(21,22)23/h3-10,15-16,28H,1-2H3,(H2,24,25,27)/t15-,16+,19-/m0/s1. The van der Waals surface area contributed by atoms with Gasteiger partial charge in [-0.2, -0.15) is 13.2 Å². The van der Waals surface area contributed by atoms with Crippen LogP contribution in [0.3, 0.4) is 0 Å². The smallest absolute Gasteiger partial charge is 0.437 e. The number of rotatable bonds is 4. The number of alkyl halides is 3. The van der Waals surface area contributed by atoms with Crippen molar-refractivity contribution in [3.05, 3.63) is 65.2 Å². The lowest BCUT2D eigenvalue weighted by atomic mass is 9.77. The number of nitrogens with one attached hydrogen (secondary N) is 2. The van der Waals surface area contributed by atoms with Gasteiger partial charge in [-0.05, 0) is 24.6 Å². The number of aliphatic hydroxyl groups is 1. The Hall–Kier alpha value is -3.07. The Balaban J connectivity index is 2.13. The fourth-order valence-electron chi connectivity index (χ4n) is 3.33. The highest BCUT2D eigenvalue weighted by Gasteiger charge is 2.66. The monoisotopic (exact) mass is 408 g/mol. The third-order valence-corrected chi connectivity index (χ3v) is 4.90. The molecule has 0 saturated carbocycles. The second-order valence-corrected chi connectivity index (χ2v) is 6.82. The molecule has 2 amide bonds. The number of ether oxygens (including phenoxy) is 1. The normalized spacial score (nSPS) is 24.4. The minimum Gasteiger partial charge on any atom is -0.497 e. The van der Waals surface area contributed by atoms with E-state index in [0.717, 1.165) is 5.56 Å². The molecule has 2 aromatic carbocycles. The van der Waals surface area contributed by atoms with Gasteiger partial charge in [-0.15, -0.1) is 0 Å². The van der Waals surface area contributed by atoms with Gasteiger partial charge in [0.15, 0.2) is 5.78 Å². The topological polar surface area (TPSA) is 87.7 Å². The molecule has 1 heterocycles. The van der Waals surface area contributed by atoms with E-state index < -0.39 is 35.7 Å². The van der Waals surface area contributed by atoms with E-state index in [2.05, 4.69) is 5.32 Å². The molecule has 0 spiro atoms. The average molecular weight is 408 g/mol. The molecule has 0 aromatic heterocycles. The molecule has 3 rings (SSSR count). The molecule has 9 heteroatoms. The van der Waals surface area contributed by atoms with E-state index >= 15 is 0 Å². The van der Waals surface area contributed by atoms with Gasteiger partial charge in [0.25, 0.3) is 0 Å². The first-order valence-electron chi connectivity index (χ1n) is 8.69. The first-order valence-corrected chi connectivity index (χ1v) is 8.69. The molecule has 29 heavy (non-hydrogen) atoms. The van der Waals surface area contributed by atoms with Gasteiger partial charge in [-0.1, -0.05) is 42.0 Å². The molecule has 0 radical (unpaired) electrons. The van der Waals surface area contributed by atoms with E-state index in [4.69, 9.17) is 4.74 Å². The van der Waals surface area contributed by atoms with Crippen LogP contribution < -0.4 is 15.4 Å². The summed E-state index contributed by atoms with van der Waals surface area (Å²) in [5, 5.41) is 14.4. The maximum absolute atomic E-state index is 13.8. The Morgan fingerprint density at radius 3 is 2.21 bits per heavy atom. The van der Waals surface area contributed by atoms with Gasteiger partial charge in [0.1, 0.15) is 11.7 Å². The lowest BCUT2D eigenvalue weighted by Gasteiger charge is -2.45. The minimum absolute atomic E-state index is 0.0141. The summed E-state index contributed by atoms with van der Waals surface area (Å²) in [4.78, 5) is 25.1. The van der Waals surface area contributed by atoms with Crippen molar-refractivity contribution in [1.29, 1.82) is 0 Å². The lowest BCUT2D eigenvalue weighted by molar-refractivity contribution is -0.287. The molecule has 0 aliphatic carbocycles. The van der Waals surface area contributed by atoms with E-state index in [1.807, 2.05) is 0 Å². The zero-order valence-electron chi connectivity index (χ0n) is 15.6. The molecule has 0 unspecified atom stereocenters. The molecule has 154 valence electrons. The molecule has 1 aliphatic rings. The molecule has 1 fully saturated rings. The molecule has 6 nitrogen and oxygen atoms in total. The van der Waals surface area contributed by atoms with Crippen LogP contribution in [0.5, 0.6) is 5.75 Å². The number of urea groups is 1. The van der Waals surface area contributed by atoms with E-state index in [0.29, 0.717) is 5.75 Å². The number of hydrogen-bond acceptors (Lipinski definition) is 4. The Morgan fingerprint density at radius 2 is 1.69 bits per heavy atom. The van der Waals surface area contributed by atoms with Gasteiger partial charge in [0.05, 0.1) is 13.2 Å². The van der Waals surface area contributed by atoms with Crippen LogP contribution in [0.2, 0.25) is 0 Å². The van der Waals surface area contributed by atoms with Crippen LogP contribution in [0.4, 0.5) is 18.0 Å².